The lowest BCUT2D eigenvalue weighted by Crippen LogP contribution is -2.31. The lowest BCUT2D eigenvalue weighted by molar-refractivity contribution is -0.0595. The molecular weight excluding hydrogens is 450 g/mol. The van der Waals surface area contributed by atoms with E-state index in [0.29, 0.717) is 23.2 Å². The molecule has 5 rings (SSSR count). The molecule has 1 aliphatic rings. The molecule has 1 atom stereocenters. The van der Waals surface area contributed by atoms with Crippen LogP contribution in [-0.2, 0) is 24.3 Å². The topological polar surface area (TPSA) is 73.0 Å². The van der Waals surface area contributed by atoms with Crippen molar-refractivity contribution in [3.05, 3.63) is 101 Å². The highest BCUT2D eigenvalue weighted by Gasteiger charge is 2.20. The Bertz CT molecular complexity index is 1390. The predicted molar refractivity (Wildman–Crippen MR) is 124 cm³/mol. The van der Waals surface area contributed by atoms with Crippen LogP contribution >= 0.6 is 0 Å². The first-order valence-electron chi connectivity index (χ1n) is 11.3. The largest absolute Gasteiger partial charge is 0.473 e. The maximum absolute atomic E-state index is 15.0. The van der Waals surface area contributed by atoms with E-state index in [0.717, 1.165) is 37.0 Å². The standard InChI is InChI=1S/C27H22F2N4O2/c28-23-13-19(15-30)4-6-20(23)17-35-27-3-1-2-25(32-27)22-7-5-18(12-24(22)29)14-26-31-9-10-33(26)16-21-8-11-34-21/h1-7,9-10,12-13,21H,8,11,14,16-17H2/t21-/m0/s1. The SMILES string of the molecule is N#Cc1ccc(COc2cccc(-c3ccc(Cc4nccn4C[C@@H]4CCO4)cc3F)n2)c(F)c1. The smallest absolute Gasteiger partial charge is 0.214 e. The molecule has 1 aliphatic heterocycles. The molecule has 6 nitrogen and oxygen atoms in total. The highest BCUT2D eigenvalue weighted by Crippen LogP contribution is 2.25. The molecular formula is C27H22F2N4O2. The first kappa shape index (κ1) is 22.7. The molecule has 0 aliphatic carbocycles. The second-order valence-electron chi connectivity index (χ2n) is 8.34. The van der Waals surface area contributed by atoms with Gasteiger partial charge in [0.1, 0.15) is 24.1 Å². The van der Waals surface area contributed by atoms with Gasteiger partial charge in [-0.1, -0.05) is 18.2 Å². The Balaban J connectivity index is 1.28. The van der Waals surface area contributed by atoms with Gasteiger partial charge in [-0.3, -0.25) is 0 Å². The number of hydrogen-bond acceptors (Lipinski definition) is 5. The third kappa shape index (κ3) is 5.20. The van der Waals surface area contributed by atoms with Gasteiger partial charge in [0.25, 0.3) is 0 Å². The Morgan fingerprint density at radius 1 is 1.11 bits per heavy atom. The van der Waals surface area contributed by atoms with Crippen molar-refractivity contribution in [3.8, 4) is 23.2 Å². The van der Waals surface area contributed by atoms with Gasteiger partial charge in [0, 0.05) is 42.6 Å². The van der Waals surface area contributed by atoms with E-state index < -0.39 is 11.6 Å². The Morgan fingerprint density at radius 2 is 2.00 bits per heavy atom. The van der Waals surface area contributed by atoms with Crippen LogP contribution in [0.3, 0.4) is 0 Å². The second-order valence-corrected chi connectivity index (χ2v) is 8.34. The van der Waals surface area contributed by atoms with Gasteiger partial charge in [-0.05, 0) is 42.3 Å². The van der Waals surface area contributed by atoms with E-state index in [2.05, 4.69) is 14.5 Å². The van der Waals surface area contributed by atoms with Crippen molar-refractivity contribution in [2.24, 2.45) is 0 Å². The molecule has 0 N–H and O–H groups in total. The van der Waals surface area contributed by atoms with Crippen molar-refractivity contribution in [2.45, 2.75) is 32.1 Å². The minimum absolute atomic E-state index is 0.0615. The van der Waals surface area contributed by atoms with Crippen LogP contribution in [0.15, 0.2) is 67.0 Å². The number of pyridine rings is 1. The van der Waals surface area contributed by atoms with Gasteiger partial charge < -0.3 is 14.0 Å². The Labute approximate surface area is 201 Å². The molecule has 0 spiro atoms. The van der Waals surface area contributed by atoms with Crippen LogP contribution in [0, 0.1) is 23.0 Å². The normalized spacial score (nSPS) is 14.8. The molecule has 1 saturated heterocycles. The number of nitriles is 1. The summed E-state index contributed by atoms with van der Waals surface area (Å²) in [4.78, 5) is 8.80. The fourth-order valence-corrected chi connectivity index (χ4v) is 3.91. The number of halogens is 2. The molecule has 2 aromatic heterocycles. The summed E-state index contributed by atoms with van der Waals surface area (Å²) in [5, 5.41) is 8.86. The zero-order valence-corrected chi connectivity index (χ0v) is 18.8. The van der Waals surface area contributed by atoms with Crippen molar-refractivity contribution < 1.29 is 18.3 Å². The summed E-state index contributed by atoms with van der Waals surface area (Å²) in [6.07, 6.45) is 5.43. The van der Waals surface area contributed by atoms with Crippen LogP contribution in [0.4, 0.5) is 8.78 Å². The maximum atomic E-state index is 15.0. The molecule has 1 fully saturated rings. The first-order valence-corrected chi connectivity index (χ1v) is 11.3. The molecule has 4 aromatic rings. The number of benzene rings is 2. The summed E-state index contributed by atoms with van der Waals surface area (Å²) in [6, 6.07) is 16.2. The highest BCUT2D eigenvalue weighted by molar-refractivity contribution is 5.61. The summed E-state index contributed by atoms with van der Waals surface area (Å²) in [5.41, 5.74) is 2.10. The minimum Gasteiger partial charge on any atom is -0.473 e. The van der Waals surface area contributed by atoms with Gasteiger partial charge in [-0.2, -0.15) is 5.26 Å². The molecule has 2 aromatic carbocycles. The van der Waals surface area contributed by atoms with Gasteiger partial charge in [0.15, 0.2) is 0 Å². The van der Waals surface area contributed by atoms with Crippen LogP contribution < -0.4 is 4.74 Å². The quantitative estimate of drug-likeness (QED) is 0.359. The van der Waals surface area contributed by atoms with Gasteiger partial charge in [-0.25, -0.2) is 18.7 Å². The molecule has 0 bridgehead atoms. The lowest BCUT2D eigenvalue weighted by atomic mass is 10.1. The number of aromatic nitrogens is 3. The third-order valence-electron chi connectivity index (χ3n) is 5.95. The van der Waals surface area contributed by atoms with Gasteiger partial charge in [0.05, 0.1) is 30.0 Å². The van der Waals surface area contributed by atoms with E-state index in [9.17, 15) is 4.39 Å². The number of nitrogens with zero attached hydrogens (tertiary/aromatic N) is 4. The van der Waals surface area contributed by atoms with Crippen molar-refractivity contribution in [3.63, 3.8) is 0 Å². The van der Waals surface area contributed by atoms with E-state index in [1.165, 1.54) is 18.2 Å². The van der Waals surface area contributed by atoms with Crippen molar-refractivity contribution in [2.75, 3.05) is 6.61 Å². The lowest BCUT2D eigenvalue weighted by Gasteiger charge is -2.27. The van der Waals surface area contributed by atoms with Gasteiger partial charge in [0.2, 0.25) is 5.88 Å². The zero-order valence-electron chi connectivity index (χ0n) is 18.8. The maximum Gasteiger partial charge on any atom is 0.214 e. The molecule has 8 heteroatoms. The first-order chi connectivity index (χ1) is 17.1. The minimum atomic E-state index is -0.525. The molecule has 35 heavy (non-hydrogen) atoms. The molecule has 0 saturated carbocycles. The Morgan fingerprint density at radius 3 is 2.74 bits per heavy atom. The molecule has 176 valence electrons. The number of ether oxygens (including phenoxy) is 2. The number of hydrogen-bond donors (Lipinski definition) is 0. The van der Waals surface area contributed by atoms with E-state index in [4.69, 9.17) is 14.7 Å². The van der Waals surface area contributed by atoms with E-state index >= 15 is 4.39 Å². The van der Waals surface area contributed by atoms with E-state index in [1.54, 1.807) is 30.5 Å². The molecule has 0 amide bonds. The van der Waals surface area contributed by atoms with Crippen LogP contribution in [-0.4, -0.2) is 27.2 Å². The fourth-order valence-electron chi connectivity index (χ4n) is 3.91. The van der Waals surface area contributed by atoms with Crippen LogP contribution in [0.5, 0.6) is 5.88 Å². The van der Waals surface area contributed by atoms with Crippen molar-refractivity contribution in [1.82, 2.24) is 14.5 Å². The van der Waals surface area contributed by atoms with Crippen molar-refractivity contribution >= 4 is 0 Å². The van der Waals surface area contributed by atoms with Crippen LogP contribution in [0.2, 0.25) is 0 Å². The average Bonchev–Trinajstić information content (AvgIpc) is 3.27. The monoisotopic (exact) mass is 472 g/mol. The summed E-state index contributed by atoms with van der Waals surface area (Å²) in [6.45, 7) is 1.49. The second kappa shape index (κ2) is 10.0. The molecule has 3 heterocycles. The van der Waals surface area contributed by atoms with Crippen molar-refractivity contribution in [1.29, 1.82) is 5.26 Å². The third-order valence-corrected chi connectivity index (χ3v) is 5.95. The summed E-state index contributed by atoms with van der Waals surface area (Å²) in [7, 11) is 0. The van der Waals surface area contributed by atoms with Crippen LogP contribution in [0.1, 0.15) is 28.9 Å². The van der Waals surface area contributed by atoms with E-state index in [1.807, 2.05) is 18.3 Å². The average molecular weight is 472 g/mol. The molecule has 0 unspecified atom stereocenters. The predicted octanol–water partition coefficient (Wildman–Crippen LogP) is 5.05. The van der Waals surface area contributed by atoms with Gasteiger partial charge >= 0.3 is 0 Å². The molecule has 0 radical (unpaired) electrons. The van der Waals surface area contributed by atoms with Crippen LogP contribution in [0.25, 0.3) is 11.3 Å². The van der Waals surface area contributed by atoms with E-state index in [-0.39, 0.29) is 24.2 Å². The Hall–Kier alpha value is -4.09. The summed E-state index contributed by atoms with van der Waals surface area (Å²) in [5.74, 6) is 0.180. The van der Waals surface area contributed by atoms with Gasteiger partial charge in [-0.15, -0.1) is 0 Å². The number of rotatable bonds is 8. The summed E-state index contributed by atoms with van der Waals surface area (Å²) >= 11 is 0. The number of imidazole rings is 1. The zero-order chi connectivity index (χ0) is 24.2. The Kier molecular flexibility index (Phi) is 6.51. The highest BCUT2D eigenvalue weighted by atomic mass is 19.1. The summed E-state index contributed by atoms with van der Waals surface area (Å²) < 4.78 is 42.3. The fraction of sp³-hybridized carbons (Fsp3) is 0.222.